The third-order valence-corrected chi connectivity index (χ3v) is 4.92. The molecule has 1 aromatic carbocycles. The fraction of sp³-hybridized carbons (Fsp3) is 0.333. The monoisotopic (exact) mass is 350 g/mol. The van der Waals surface area contributed by atoms with E-state index in [2.05, 4.69) is 33.4 Å². The summed E-state index contributed by atoms with van der Waals surface area (Å²) in [5, 5.41) is 5.34. The number of fused-ring (bicyclic) bond motifs is 1. The molecule has 134 valence electrons. The van der Waals surface area contributed by atoms with Gasteiger partial charge in [0.2, 0.25) is 5.95 Å². The minimum Gasteiger partial charge on any atom is -0.374 e. The molecule has 1 aliphatic carbocycles. The van der Waals surface area contributed by atoms with Crippen LogP contribution in [-0.2, 0) is 6.54 Å². The second-order valence-electron chi connectivity index (χ2n) is 6.75. The number of rotatable bonds is 4. The largest absolute Gasteiger partial charge is 0.374 e. The van der Waals surface area contributed by atoms with E-state index in [0.29, 0.717) is 12.5 Å². The summed E-state index contributed by atoms with van der Waals surface area (Å²) >= 11 is 0. The maximum Gasteiger partial charge on any atom is 0.223 e. The molecule has 1 saturated heterocycles. The van der Waals surface area contributed by atoms with Crippen LogP contribution in [0.5, 0.6) is 0 Å². The maximum atomic E-state index is 13.0. The first kappa shape index (κ1) is 16.8. The number of allylic oxidation sites excluding steroid dienone is 2. The van der Waals surface area contributed by atoms with Gasteiger partial charge in [0.25, 0.3) is 0 Å². The SMILES string of the molecule is Fc1ccc(CNc2ncc3c(n2)=CC=CCCC=3N2CCCC2)cc1. The highest BCUT2D eigenvalue weighted by atomic mass is 19.1. The molecule has 0 amide bonds. The Morgan fingerprint density at radius 3 is 2.73 bits per heavy atom. The zero-order valence-corrected chi connectivity index (χ0v) is 14.8. The lowest BCUT2D eigenvalue weighted by atomic mass is 10.1. The van der Waals surface area contributed by atoms with Crippen LogP contribution in [0.25, 0.3) is 11.8 Å². The molecule has 0 bridgehead atoms. The minimum atomic E-state index is -0.225. The Bertz CT molecular complexity index is 912. The van der Waals surface area contributed by atoms with Gasteiger partial charge in [0, 0.05) is 36.7 Å². The standard InChI is InChI=1S/C21H23FN4/c22-17-10-8-16(9-11-17)14-23-21-24-15-18-19(25-21)6-2-1-3-7-20(18)26-12-4-5-13-26/h1-2,6,8-11,15H,3-5,7,12-14H2,(H,23,25). The van der Waals surface area contributed by atoms with Crippen molar-refractivity contribution in [3.8, 4) is 0 Å². The Balaban J connectivity index is 1.63. The van der Waals surface area contributed by atoms with Gasteiger partial charge < -0.3 is 10.2 Å². The molecule has 1 aromatic heterocycles. The highest BCUT2D eigenvalue weighted by molar-refractivity contribution is 5.48. The lowest BCUT2D eigenvalue weighted by Crippen LogP contribution is -2.37. The molecule has 0 saturated carbocycles. The molecular weight excluding hydrogens is 327 g/mol. The summed E-state index contributed by atoms with van der Waals surface area (Å²) < 4.78 is 13.0. The van der Waals surface area contributed by atoms with Crippen molar-refractivity contribution in [2.75, 3.05) is 18.4 Å². The molecule has 2 heterocycles. The number of nitrogens with one attached hydrogen (secondary N) is 1. The van der Waals surface area contributed by atoms with Gasteiger partial charge in [0.05, 0.1) is 5.35 Å². The van der Waals surface area contributed by atoms with Gasteiger partial charge in [-0.3, -0.25) is 0 Å². The Morgan fingerprint density at radius 1 is 1.12 bits per heavy atom. The smallest absolute Gasteiger partial charge is 0.223 e. The fourth-order valence-electron chi connectivity index (χ4n) is 3.54. The van der Waals surface area contributed by atoms with E-state index in [9.17, 15) is 4.39 Å². The fourth-order valence-corrected chi connectivity index (χ4v) is 3.54. The second kappa shape index (κ2) is 7.68. The van der Waals surface area contributed by atoms with Gasteiger partial charge in [0.15, 0.2) is 0 Å². The summed E-state index contributed by atoms with van der Waals surface area (Å²) in [6, 6.07) is 6.47. The molecule has 1 aliphatic heterocycles. The average molecular weight is 350 g/mol. The summed E-state index contributed by atoms with van der Waals surface area (Å²) in [6.45, 7) is 2.82. The molecule has 26 heavy (non-hydrogen) atoms. The van der Waals surface area contributed by atoms with E-state index in [-0.39, 0.29) is 5.82 Å². The lowest BCUT2D eigenvalue weighted by molar-refractivity contribution is 0.471. The van der Waals surface area contributed by atoms with Crippen molar-refractivity contribution < 1.29 is 4.39 Å². The molecule has 4 rings (SSSR count). The van der Waals surface area contributed by atoms with Gasteiger partial charge in [-0.15, -0.1) is 0 Å². The van der Waals surface area contributed by atoms with Crippen LogP contribution in [-0.4, -0.2) is 28.0 Å². The number of halogens is 1. The predicted octanol–water partition coefficient (Wildman–Crippen LogP) is 2.56. The molecule has 5 heteroatoms. The van der Waals surface area contributed by atoms with Crippen LogP contribution in [0.15, 0.2) is 42.6 Å². The van der Waals surface area contributed by atoms with Crippen molar-refractivity contribution in [3.63, 3.8) is 0 Å². The van der Waals surface area contributed by atoms with Crippen LogP contribution >= 0.6 is 0 Å². The number of anilines is 1. The first-order valence-corrected chi connectivity index (χ1v) is 9.26. The van der Waals surface area contributed by atoms with Crippen LogP contribution < -0.4 is 15.9 Å². The lowest BCUT2D eigenvalue weighted by Gasteiger charge is -2.22. The molecule has 4 nitrogen and oxygen atoms in total. The molecule has 2 aromatic rings. The van der Waals surface area contributed by atoms with E-state index >= 15 is 0 Å². The Hall–Kier alpha value is -2.69. The summed E-state index contributed by atoms with van der Waals surface area (Å²) in [6.07, 6.45) is 12.9. The van der Waals surface area contributed by atoms with Gasteiger partial charge in [-0.05, 0) is 49.5 Å². The summed E-state index contributed by atoms with van der Waals surface area (Å²) in [4.78, 5) is 11.7. The molecule has 0 radical (unpaired) electrons. The van der Waals surface area contributed by atoms with Gasteiger partial charge in [0.1, 0.15) is 5.82 Å². The molecule has 0 spiro atoms. The van der Waals surface area contributed by atoms with Crippen molar-refractivity contribution in [3.05, 3.63) is 64.6 Å². The molecule has 1 fully saturated rings. The topological polar surface area (TPSA) is 41.1 Å². The second-order valence-corrected chi connectivity index (χ2v) is 6.75. The number of nitrogens with zero attached hydrogens (tertiary/aromatic N) is 3. The summed E-state index contributed by atoms with van der Waals surface area (Å²) in [5.74, 6) is 0.372. The Kier molecular flexibility index (Phi) is 4.95. The van der Waals surface area contributed by atoms with Gasteiger partial charge in [-0.25, -0.2) is 14.4 Å². The van der Waals surface area contributed by atoms with Gasteiger partial charge in [-0.1, -0.05) is 24.3 Å². The van der Waals surface area contributed by atoms with E-state index in [1.54, 1.807) is 12.1 Å². The summed E-state index contributed by atoms with van der Waals surface area (Å²) in [7, 11) is 0. The normalized spacial score (nSPS) is 16.7. The van der Waals surface area contributed by atoms with Crippen LogP contribution in [0, 0.1) is 5.82 Å². The third-order valence-electron chi connectivity index (χ3n) is 4.92. The van der Waals surface area contributed by atoms with E-state index in [4.69, 9.17) is 4.98 Å². The molecule has 0 atom stereocenters. The van der Waals surface area contributed by atoms with Crippen molar-refractivity contribution in [1.29, 1.82) is 0 Å². The van der Waals surface area contributed by atoms with Crippen LogP contribution in [0.4, 0.5) is 10.3 Å². The minimum absolute atomic E-state index is 0.225. The van der Waals surface area contributed by atoms with Crippen LogP contribution in [0.3, 0.4) is 0 Å². The first-order chi connectivity index (χ1) is 12.8. The number of hydrogen-bond donors (Lipinski definition) is 1. The third kappa shape index (κ3) is 3.77. The molecule has 0 unspecified atom stereocenters. The van der Waals surface area contributed by atoms with Gasteiger partial charge >= 0.3 is 0 Å². The Morgan fingerprint density at radius 2 is 1.92 bits per heavy atom. The van der Waals surface area contributed by atoms with Crippen molar-refractivity contribution in [2.45, 2.75) is 32.2 Å². The molecule has 1 N–H and O–H groups in total. The van der Waals surface area contributed by atoms with Crippen molar-refractivity contribution in [2.24, 2.45) is 0 Å². The average Bonchev–Trinajstić information content (AvgIpc) is 3.17. The number of aromatic nitrogens is 2. The van der Waals surface area contributed by atoms with E-state index in [1.807, 2.05) is 6.20 Å². The number of hydrogen-bond acceptors (Lipinski definition) is 4. The zero-order valence-electron chi connectivity index (χ0n) is 14.8. The van der Waals surface area contributed by atoms with Crippen molar-refractivity contribution >= 4 is 17.7 Å². The highest BCUT2D eigenvalue weighted by Gasteiger charge is 2.16. The van der Waals surface area contributed by atoms with Crippen molar-refractivity contribution in [1.82, 2.24) is 14.9 Å². The van der Waals surface area contributed by atoms with Crippen LogP contribution in [0.2, 0.25) is 0 Å². The quantitative estimate of drug-likeness (QED) is 0.920. The van der Waals surface area contributed by atoms with E-state index < -0.39 is 0 Å². The van der Waals surface area contributed by atoms with E-state index in [1.165, 1.54) is 30.7 Å². The number of likely N-dealkylation sites (tertiary alicyclic amines) is 1. The number of benzene rings is 1. The zero-order chi connectivity index (χ0) is 17.8. The highest BCUT2D eigenvalue weighted by Crippen LogP contribution is 2.19. The Labute approximate surface area is 152 Å². The maximum absolute atomic E-state index is 13.0. The predicted molar refractivity (Wildman–Crippen MR) is 102 cm³/mol. The first-order valence-electron chi connectivity index (χ1n) is 9.26. The molecular formula is C21H23FN4. The van der Waals surface area contributed by atoms with E-state index in [0.717, 1.165) is 42.1 Å². The van der Waals surface area contributed by atoms with Gasteiger partial charge in [-0.2, -0.15) is 0 Å². The summed E-state index contributed by atoms with van der Waals surface area (Å²) in [5.41, 5.74) is 2.36. The molecule has 2 aliphatic rings. The van der Waals surface area contributed by atoms with Crippen LogP contribution in [0.1, 0.15) is 31.2 Å².